The fourth-order valence-electron chi connectivity index (χ4n) is 7.63. The van der Waals surface area contributed by atoms with Crippen molar-refractivity contribution in [3.05, 3.63) is 70.3 Å². The molecule has 2 heterocycles. The molecule has 1 unspecified atom stereocenters. The Morgan fingerprint density at radius 3 is 2.48 bits per heavy atom. The lowest BCUT2D eigenvalue weighted by molar-refractivity contribution is -0.112. The molecule has 4 fully saturated rings. The van der Waals surface area contributed by atoms with Crippen LogP contribution in [0.3, 0.4) is 0 Å². The summed E-state index contributed by atoms with van der Waals surface area (Å²) in [6.07, 6.45) is 4.40. The fourth-order valence-corrected chi connectivity index (χ4v) is 7.63. The highest BCUT2D eigenvalue weighted by molar-refractivity contribution is 5.86. The van der Waals surface area contributed by atoms with E-state index >= 15 is 4.39 Å². The van der Waals surface area contributed by atoms with E-state index in [0.29, 0.717) is 47.6 Å². The molecule has 1 saturated heterocycles. The first kappa shape index (κ1) is 28.8. The van der Waals surface area contributed by atoms with E-state index in [-0.39, 0.29) is 40.6 Å². The third kappa shape index (κ3) is 5.43. The second kappa shape index (κ2) is 11.1. The van der Waals surface area contributed by atoms with Gasteiger partial charge in [0.05, 0.1) is 17.2 Å². The van der Waals surface area contributed by atoms with E-state index in [1.165, 1.54) is 35.5 Å². The van der Waals surface area contributed by atoms with Crippen molar-refractivity contribution in [3.63, 3.8) is 0 Å². The molecule has 0 spiro atoms. The van der Waals surface area contributed by atoms with E-state index in [0.717, 1.165) is 25.1 Å². The Hall–Kier alpha value is -3.33. The lowest BCUT2D eigenvalue weighted by Gasteiger charge is -2.62. The molecule has 0 radical (unpaired) electrons. The summed E-state index contributed by atoms with van der Waals surface area (Å²) in [6.45, 7) is 13.3. The molecule has 2 aromatic carbocycles. The van der Waals surface area contributed by atoms with Crippen molar-refractivity contribution in [2.75, 3.05) is 13.1 Å². The molecule has 1 aromatic heterocycles. The maximum atomic E-state index is 15.6. The van der Waals surface area contributed by atoms with Gasteiger partial charge in [-0.25, -0.2) is 18.8 Å². The minimum atomic E-state index is -0.547. The average Bonchev–Trinajstić information content (AvgIpc) is 2.94. The van der Waals surface area contributed by atoms with Gasteiger partial charge in [0.25, 0.3) is 5.56 Å². The number of guanidine groups is 1. The van der Waals surface area contributed by atoms with Gasteiger partial charge in [0, 0.05) is 37.8 Å². The van der Waals surface area contributed by atoms with Crippen LogP contribution in [0.2, 0.25) is 0 Å². The standard InChI is InChI=1S/C33H42F2N6O/c1-19-16-41(17-20(2)37-19)32(38-28-13-23-12-26(21(28)3)33(23,4)5)39-30-15-29-25(14-27(30)35)31(42)40(18-36-29)11-10-22-6-8-24(34)9-7-22/h6-9,14-15,18-21,23,26,28,37H,10-13,16-17H2,1-5H3,(H,38,39)/t19-,20+,21-,23+,26+,28?/m1/s1. The van der Waals surface area contributed by atoms with Crippen LogP contribution < -0.4 is 16.2 Å². The third-order valence-electron chi connectivity index (χ3n) is 10.2. The summed E-state index contributed by atoms with van der Waals surface area (Å²) in [4.78, 5) is 24.8. The number of aliphatic imine (C=N–C) groups is 1. The first-order valence-electron chi connectivity index (χ1n) is 15.3. The molecule has 2 bridgehead atoms. The molecular formula is C33H42F2N6O. The molecule has 9 heteroatoms. The second-order valence-electron chi connectivity index (χ2n) is 13.5. The number of hydrogen-bond donors (Lipinski definition) is 2. The van der Waals surface area contributed by atoms with Crippen LogP contribution in [0.5, 0.6) is 0 Å². The van der Waals surface area contributed by atoms with E-state index in [1.807, 2.05) is 0 Å². The Morgan fingerprint density at radius 2 is 1.81 bits per heavy atom. The first-order chi connectivity index (χ1) is 20.0. The highest BCUT2D eigenvalue weighted by Crippen LogP contribution is 2.61. The SMILES string of the molecule is C[C@@H]1CN(C(=Nc2cc3ncn(CCc4ccc(F)cc4)c(=O)c3cc2F)NC2C[C@@H]3C[C@@H]([C@H]2C)C3(C)C)C[C@H](C)N1. The van der Waals surface area contributed by atoms with Crippen molar-refractivity contribution in [1.29, 1.82) is 0 Å². The van der Waals surface area contributed by atoms with Gasteiger partial charge >= 0.3 is 0 Å². The van der Waals surface area contributed by atoms with Crippen LogP contribution >= 0.6 is 0 Å². The van der Waals surface area contributed by atoms with Crippen LogP contribution in [0.25, 0.3) is 10.9 Å². The van der Waals surface area contributed by atoms with Gasteiger partial charge < -0.3 is 15.5 Å². The number of halogens is 2. The van der Waals surface area contributed by atoms with Crippen molar-refractivity contribution >= 4 is 22.5 Å². The Balaban J connectivity index is 1.29. The van der Waals surface area contributed by atoms with Crippen molar-refractivity contribution in [3.8, 4) is 0 Å². The number of aryl methyl sites for hydroxylation is 2. The number of nitrogens with one attached hydrogen (secondary N) is 2. The molecule has 0 amide bonds. The topological polar surface area (TPSA) is 74.5 Å². The molecule has 224 valence electrons. The van der Waals surface area contributed by atoms with Crippen LogP contribution in [0.4, 0.5) is 14.5 Å². The van der Waals surface area contributed by atoms with E-state index < -0.39 is 5.82 Å². The van der Waals surface area contributed by atoms with E-state index in [4.69, 9.17) is 4.99 Å². The Morgan fingerprint density at radius 1 is 1.10 bits per heavy atom. The predicted molar refractivity (Wildman–Crippen MR) is 163 cm³/mol. The maximum absolute atomic E-state index is 15.6. The number of fused-ring (bicyclic) bond motifs is 3. The summed E-state index contributed by atoms with van der Waals surface area (Å²) >= 11 is 0. The molecule has 3 saturated carbocycles. The summed E-state index contributed by atoms with van der Waals surface area (Å²) in [5, 5.41) is 7.56. The van der Waals surface area contributed by atoms with Crippen molar-refractivity contribution in [2.45, 2.75) is 78.6 Å². The van der Waals surface area contributed by atoms with Gasteiger partial charge in [-0.2, -0.15) is 0 Å². The van der Waals surface area contributed by atoms with Crippen LogP contribution in [-0.2, 0) is 13.0 Å². The summed E-state index contributed by atoms with van der Waals surface area (Å²) in [5.74, 6) is 1.69. The summed E-state index contributed by atoms with van der Waals surface area (Å²) in [5.41, 5.74) is 1.55. The lowest BCUT2D eigenvalue weighted by atomic mass is 9.45. The number of aromatic nitrogens is 2. The van der Waals surface area contributed by atoms with Gasteiger partial charge in [-0.05, 0) is 86.1 Å². The molecule has 2 N–H and O–H groups in total. The van der Waals surface area contributed by atoms with Gasteiger partial charge in [-0.15, -0.1) is 0 Å². The molecule has 1 aliphatic heterocycles. The second-order valence-corrected chi connectivity index (χ2v) is 13.5. The fraction of sp³-hybridized carbons (Fsp3) is 0.545. The first-order valence-corrected chi connectivity index (χ1v) is 15.3. The number of piperazine rings is 1. The predicted octanol–water partition coefficient (Wildman–Crippen LogP) is 5.25. The zero-order valence-electron chi connectivity index (χ0n) is 25.2. The van der Waals surface area contributed by atoms with Crippen molar-refractivity contribution in [1.82, 2.24) is 25.1 Å². The quantitative estimate of drug-likeness (QED) is 0.321. The minimum Gasteiger partial charge on any atom is -0.353 e. The Kier molecular flexibility index (Phi) is 7.58. The monoisotopic (exact) mass is 576 g/mol. The van der Waals surface area contributed by atoms with Crippen molar-refractivity contribution in [2.24, 2.45) is 28.2 Å². The number of benzene rings is 2. The van der Waals surface area contributed by atoms with Gasteiger partial charge in [-0.1, -0.05) is 32.9 Å². The molecule has 7 nitrogen and oxygen atoms in total. The molecule has 42 heavy (non-hydrogen) atoms. The number of rotatable bonds is 5. The molecular weight excluding hydrogens is 534 g/mol. The summed E-state index contributed by atoms with van der Waals surface area (Å²) < 4.78 is 30.4. The Bertz CT molecular complexity index is 1540. The largest absolute Gasteiger partial charge is 0.353 e. The zero-order chi connectivity index (χ0) is 29.8. The molecule has 4 aliphatic rings. The van der Waals surface area contributed by atoms with Gasteiger partial charge in [0.1, 0.15) is 17.3 Å². The van der Waals surface area contributed by atoms with E-state index in [9.17, 15) is 9.18 Å². The number of hydrogen-bond acceptors (Lipinski definition) is 4. The third-order valence-corrected chi connectivity index (χ3v) is 10.2. The normalized spacial score (nSPS) is 28.9. The molecule has 3 aliphatic carbocycles. The van der Waals surface area contributed by atoms with E-state index in [1.54, 1.807) is 18.2 Å². The summed E-state index contributed by atoms with van der Waals surface area (Å²) in [7, 11) is 0. The zero-order valence-corrected chi connectivity index (χ0v) is 25.2. The van der Waals surface area contributed by atoms with Gasteiger partial charge in [0.15, 0.2) is 5.96 Å². The van der Waals surface area contributed by atoms with Crippen molar-refractivity contribution < 1.29 is 8.78 Å². The van der Waals surface area contributed by atoms with Gasteiger partial charge in [-0.3, -0.25) is 9.36 Å². The lowest BCUT2D eigenvalue weighted by Crippen LogP contribution is -2.64. The maximum Gasteiger partial charge on any atom is 0.261 e. The minimum absolute atomic E-state index is 0.175. The van der Waals surface area contributed by atoms with E-state index in [2.05, 4.69) is 55.1 Å². The highest BCUT2D eigenvalue weighted by Gasteiger charge is 2.56. The highest BCUT2D eigenvalue weighted by atomic mass is 19.1. The molecule has 3 aromatic rings. The molecule has 6 atom stereocenters. The van der Waals surface area contributed by atoms with Crippen LogP contribution in [0.15, 0.2) is 52.5 Å². The smallest absolute Gasteiger partial charge is 0.261 e. The van der Waals surface area contributed by atoms with Gasteiger partial charge in [0.2, 0.25) is 0 Å². The Labute approximate surface area is 246 Å². The molecule has 7 rings (SSSR count). The van der Waals surface area contributed by atoms with Crippen LogP contribution in [0.1, 0.15) is 53.0 Å². The number of nitrogens with zero attached hydrogens (tertiary/aromatic N) is 4. The van der Waals surface area contributed by atoms with Crippen LogP contribution in [-0.4, -0.2) is 51.6 Å². The summed E-state index contributed by atoms with van der Waals surface area (Å²) in [6, 6.07) is 9.86. The van der Waals surface area contributed by atoms with Crippen LogP contribution in [0, 0.1) is 34.8 Å². The average molecular weight is 577 g/mol.